The summed E-state index contributed by atoms with van der Waals surface area (Å²) in [5.74, 6) is 0.0870. The Labute approximate surface area is 115 Å². The van der Waals surface area contributed by atoms with Gasteiger partial charge in [0.05, 0.1) is 11.6 Å². The molecule has 1 heterocycles. The first-order chi connectivity index (χ1) is 9.00. The molecule has 0 spiro atoms. The lowest BCUT2D eigenvalue weighted by Gasteiger charge is -2.32. The van der Waals surface area contributed by atoms with Gasteiger partial charge in [-0.05, 0) is 39.8 Å². The van der Waals surface area contributed by atoms with E-state index >= 15 is 0 Å². The number of amides is 1. The van der Waals surface area contributed by atoms with Crippen LogP contribution in [0, 0.1) is 0 Å². The van der Waals surface area contributed by atoms with Crippen LogP contribution in [0.25, 0.3) is 0 Å². The highest BCUT2D eigenvalue weighted by atomic mass is 16.3. The zero-order valence-electron chi connectivity index (χ0n) is 12.1. The molecule has 3 N–H and O–H groups in total. The number of aliphatic hydroxyl groups is 1. The highest BCUT2D eigenvalue weighted by Gasteiger charge is 2.34. The van der Waals surface area contributed by atoms with E-state index in [0.29, 0.717) is 19.1 Å². The van der Waals surface area contributed by atoms with Gasteiger partial charge in [-0.3, -0.25) is 9.69 Å². The lowest BCUT2D eigenvalue weighted by Crippen LogP contribution is -2.51. The Morgan fingerprint density at radius 2 is 2.21 bits per heavy atom. The van der Waals surface area contributed by atoms with Crippen LogP contribution in [0.2, 0.25) is 0 Å². The van der Waals surface area contributed by atoms with Crippen LogP contribution in [0.15, 0.2) is 0 Å². The molecule has 2 rings (SSSR count). The minimum atomic E-state index is -0.684. The number of hydrogen-bond acceptors (Lipinski definition) is 4. The number of likely N-dealkylation sites (N-methyl/N-ethyl adjacent to an activating group) is 1. The fraction of sp³-hybridized carbons (Fsp3) is 0.929. The predicted octanol–water partition coefficient (Wildman–Crippen LogP) is 0.0899. The minimum absolute atomic E-state index is 0.0870. The van der Waals surface area contributed by atoms with Gasteiger partial charge in [0.25, 0.3) is 0 Å². The molecule has 5 heteroatoms. The van der Waals surface area contributed by atoms with Crippen molar-refractivity contribution in [3.63, 3.8) is 0 Å². The normalized spacial score (nSPS) is 29.9. The summed E-state index contributed by atoms with van der Waals surface area (Å²) >= 11 is 0. The van der Waals surface area contributed by atoms with Gasteiger partial charge in [-0.1, -0.05) is 12.8 Å². The van der Waals surface area contributed by atoms with Crippen molar-refractivity contribution in [1.29, 1.82) is 0 Å². The average molecular weight is 269 g/mol. The van der Waals surface area contributed by atoms with E-state index in [1.807, 2.05) is 18.9 Å². The molecule has 2 fully saturated rings. The van der Waals surface area contributed by atoms with Gasteiger partial charge in [-0.15, -0.1) is 0 Å². The van der Waals surface area contributed by atoms with Crippen molar-refractivity contribution < 1.29 is 9.90 Å². The van der Waals surface area contributed by atoms with Crippen molar-refractivity contribution in [2.24, 2.45) is 0 Å². The molecule has 5 nitrogen and oxygen atoms in total. The van der Waals surface area contributed by atoms with Crippen molar-refractivity contribution in [2.75, 3.05) is 26.7 Å². The maximum atomic E-state index is 12.2. The van der Waals surface area contributed by atoms with Crippen LogP contribution in [-0.4, -0.2) is 60.3 Å². The van der Waals surface area contributed by atoms with Crippen LogP contribution < -0.4 is 10.6 Å². The molecule has 0 bridgehead atoms. The summed E-state index contributed by atoms with van der Waals surface area (Å²) < 4.78 is 0. The Bertz CT molecular complexity index is 310. The van der Waals surface area contributed by atoms with Crippen molar-refractivity contribution in [1.82, 2.24) is 15.5 Å². The number of nitrogens with zero attached hydrogens (tertiary/aromatic N) is 1. The first-order valence-corrected chi connectivity index (χ1v) is 7.44. The Hall–Kier alpha value is -0.650. The van der Waals surface area contributed by atoms with E-state index in [1.165, 1.54) is 12.8 Å². The predicted molar refractivity (Wildman–Crippen MR) is 74.9 cm³/mol. The van der Waals surface area contributed by atoms with E-state index in [4.69, 9.17) is 0 Å². The molecule has 2 unspecified atom stereocenters. The Balaban J connectivity index is 1.80. The Morgan fingerprint density at radius 1 is 1.53 bits per heavy atom. The molecule has 1 saturated heterocycles. The molecular weight excluding hydrogens is 242 g/mol. The molecule has 0 aromatic carbocycles. The van der Waals surface area contributed by atoms with E-state index in [9.17, 15) is 9.90 Å². The number of β-amino-alcohol motifs (C(OH)–C–C–N with tert-alkyl or cyclic N) is 1. The van der Waals surface area contributed by atoms with Gasteiger partial charge in [-0.25, -0.2) is 0 Å². The fourth-order valence-electron chi connectivity index (χ4n) is 3.06. The van der Waals surface area contributed by atoms with Crippen molar-refractivity contribution in [3.8, 4) is 0 Å². The lowest BCUT2D eigenvalue weighted by atomic mass is 10.0. The standard InChI is InChI=1S/C14H27N3O2/c1-11(13(18)16-12-5-3-4-6-12)17(2)10-14(19)7-8-15-9-14/h11-12,15,19H,3-10H2,1-2H3,(H,16,18). The second-order valence-corrected chi connectivity index (χ2v) is 6.23. The summed E-state index contributed by atoms with van der Waals surface area (Å²) in [6.07, 6.45) is 5.42. The monoisotopic (exact) mass is 269 g/mol. The summed E-state index contributed by atoms with van der Waals surface area (Å²) in [4.78, 5) is 14.1. The molecule has 2 aliphatic rings. The molecule has 110 valence electrons. The van der Waals surface area contributed by atoms with E-state index in [0.717, 1.165) is 25.8 Å². The summed E-state index contributed by atoms with van der Waals surface area (Å²) in [6, 6.07) is 0.171. The number of carbonyl (C=O) groups is 1. The van der Waals surface area contributed by atoms with Crippen molar-refractivity contribution >= 4 is 5.91 Å². The van der Waals surface area contributed by atoms with E-state index in [1.54, 1.807) is 0 Å². The summed E-state index contributed by atoms with van der Waals surface area (Å²) in [5, 5.41) is 16.6. The largest absolute Gasteiger partial charge is 0.387 e. The number of hydrogen-bond donors (Lipinski definition) is 3. The third-order valence-corrected chi connectivity index (χ3v) is 4.51. The smallest absolute Gasteiger partial charge is 0.237 e. The Kier molecular flexibility index (Phi) is 4.81. The first kappa shape index (κ1) is 14.8. The maximum absolute atomic E-state index is 12.2. The van der Waals surface area contributed by atoms with Gasteiger partial charge in [0.15, 0.2) is 0 Å². The zero-order chi connectivity index (χ0) is 13.9. The molecule has 1 saturated carbocycles. The average Bonchev–Trinajstić information content (AvgIpc) is 3.00. The zero-order valence-corrected chi connectivity index (χ0v) is 12.1. The van der Waals surface area contributed by atoms with Gasteiger partial charge in [0.1, 0.15) is 0 Å². The van der Waals surface area contributed by atoms with E-state index < -0.39 is 5.60 Å². The van der Waals surface area contributed by atoms with Crippen molar-refractivity contribution in [2.45, 2.75) is 56.7 Å². The second-order valence-electron chi connectivity index (χ2n) is 6.23. The van der Waals surface area contributed by atoms with Crippen LogP contribution in [0.1, 0.15) is 39.0 Å². The van der Waals surface area contributed by atoms with Gasteiger partial charge in [-0.2, -0.15) is 0 Å². The summed E-state index contributed by atoms with van der Waals surface area (Å²) in [5.41, 5.74) is -0.684. The molecule has 19 heavy (non-hydrogen) atoms. The highest BCUT2D eigenvalue weighted by molar-refractivity contribution is 5.81. The van der Waals surface area contributed by atoms with Crippen LogP contribution in [0.5, 0.6) is 0 Å². The molecule has 1 aliphatic heterocycles. The lowest BCUT2D eigenvalue weighted by molar-refractivity contribution is -0.127. The fourth-order valence-corrected chi connectivity index (χ4v) is 3.06. The quantitative estimate of drug-likeness (QED) is 0.662. The molecule has 0 aromatic rings. The first-order valence-electron chi connectivity index (χ1n) is 7.44. The molecule has 1 amide bonds. The summed E-state index contributed by atoms with van der Waals surface area (Å²) in [7, 11) is 1.91. The van der Waals surface area contributed by atoms with Gasteiger partial charge < -0.3 is 15.7 Å². The van der Waals surface area contributed by atoms with Gasteiger partial charge in [0, 0.05) is 19.1 Å². The summed E-state index contributed by atoms with van der Waals surface area (Å²) in [6.45, 7) is 3.93. The minimum Gasteiger partial charge on any atom is -0.387 e. The van der Waals surface area contributed by atoms with Crippen LogP contribution in [0.3, 0.4) is 0 Å². The third kappa shape index (κ3) is 3.91. The van der Waals surface area contributed by atoms with Crippen LogP contribution >= 0.6 is 0 Å². The van der Waals surface area contributed by atoms with Crippen LogP contribution in [-0.2, 0) is 4.79 Å². The van der Waals surface area contributed by atoms with Crippen molar-refractivity contribution in [3.05, 3.63) is 0 Å². The van der Waals surface area contributed by atoms with E-state index in [2.05, 4.69) is 10.6 Å². The third-order valence-electron chi connectivity index (χ3n) is 4.51. The molecular formula is C14H27N3O2. The molecule has 2 atom stereocenters. The maximum Gasteiger partial charge on any atom is 0.237 e. The molecule has 1 aliphatic carbocycles. The second kappa shape index (κ2) is 6.20. The number of rotatable bonds is 5. The highest BCUT2D eigenvalue weighted by Crippen LogP contribution is 2.19. The molecule has 0 aromatic heterocycles. The molecule has 0 radical (unpaired) electrons. The topological polar surface area (TPSA) is 64.6 Å². The number of nitrogens with one attached hydrogen (secondary N) is 2. The van der Waals surface area contributed by atoms with Crippen LogP contribution in [0.4, 0.5) is 0 Å². The van der Waals surface area contributed by atoms with Gasteiger partial charge >= 0.3 is 0 Å². The number of carbonyl (C=O) groups excluding carboxylic acids is 1. The Morgan fingerprint density at radius 3 is 2.79 bits per heavy atom. The van der Waals surface area contributed by atoms with Gasteiger partial charge in [0.2, 0.25) is 5.91 Å². The van der Waals surface area contributed by atoms with E-state index in [-0.39, 0.29) is 11.9 Å². The SMILES string of the molecule is CC(C(=O)NC1CCCC1)N(C)CC1(O)CCNC1.